The van der Waals surface area contributed by atoms with Gasteiger partial charge in [-0.3, -0.25) is 4.79 Å². The number of aryl methyl sites for hydroxylation is 1. The highest BCUT2D eigenvalue weighted by Crippen LogP contribution is 2.23. The third kappa shape index (κ3) is 2.54. The van der Waals surface area contributed by atoms with Crippen LogP contribution in [0.5, 0.6) is 0 Å². The Labute approximate surface area is 127 Å². The first-order chi connectivity index (χ1) is 10.0. The zero-order chi connectivity index (χ0) is 15.6. The molecule has 0 aliphatic rings. The van der Waals surface area contributed by atoms with Crippen LogP contribution >= 0.6 is 11.6 Å². The van der Waals surface area contributed by atoms with Gasteiger partial charge in [-0.1, -0.05) is 0 Å². The second-order valence-corrected chi connectivity index (χ2v) is 4.90. The number of halogens is 1. The molecule has 0 N–H and O–H groups in total. The maximum Gasteiger partial charge on any atom is 0.179 e. The molecule has 0 atom stereocenters. The zero-order valence-electron chi connectivity index (χ0n) is 11.6. The van der Waals surface area contributed by atoms with E-state index in [2.05, 4.69) is 0 Å². The van der Waals surface area contributed by atoms with Gasteiger partial charge in [0.1, 0.15) is 12.1 Å². The summed E-state index contributed by atoms with van der Waals surface area (Å²) in [5.74, 6) is -0.202. The van der Waals surface area contributed by atoms with Gasteiger partial charge in [-0.05, 0) is 38.1 Å². The van der Waals surface area contributed by atoms with Crippen molar-refractivity contribution in [2.24, 2.45) is 0 Å². The van der Waals surface area contributed by atoms with Crippen LogP contribution in [0.4, 0.5) is 0 Å². The van der Waals surface area contributed by atoms with E-state index >= 15 is 0 Å². The minimum atomic E-state index is -0.134. The molecular formula is C16H12ClN3O. The standard InChI is InChI=1S/C16H12ClN3O/c1-10-5-15(16(21)7-17)11(2)20(10)14-4-3-12(8-18)13(6-14)9-19/h3-6H,7H2,1-2H3. The predicted molar refractivity (Wildman–Crippen MR) is 79.7 cm³/mol. The van der Waals surface area contributed by atoms with Crippen molar-refractivity contribution < 1.29 is 4.79 Å². The molecule has 21 heavy (non-hydrogen) atoms. The fourth-order valence-electron chi connectivity index (χ4n) is 2.38. The van der Waals surface area contributed by atoms with Crippen molar-refractivity contribution in [3.05, 3.63) is 52.3 Å². The van der Waals surface area contributed by atoms with E-state index in [4.69, 9.17) is 22.1 Å². The van der Waals surface area contributed by atoms with Crippen molar-refractivity contribution >= 4 is 17.4 Å². The van der Waals surface area contributed by atoms with Gasteiger partial charge >= 0.3 is 0 Å². The van der Waals surface area contributed by atoms with Crippen molar-refractivity contribution in [1.82, 2.24) is 4.57 Å². The summed E-state index contributed by atoms with van der Waals surface area (Å²) < 4.78 is 1.88. The Hall–Kier alpha value is -2.56. The fraction of sp³-hybridized carbons (Fsp3) is 0.188. The van der Waals surface area contributed by atoms with Crippen LogP contribution < -0.4 is 0 Å². The summed E-state index contributed by atoms with van der Waals surface area (Å²) in [4.78, 5) is 11.8. The van der Waals surface area contributed by atoms with Crippen molar-refractivity contribution in [2.45, 2.75) is 13.8 Å². The number of hydrogen-bond acceptors (Lipinski definition) is 3. The molecule has 0 aliphatic heterocycles. The molecule has 0 amide bonds. The van der Waals surface area contributed by atoms with Crippen LogP contribution in [0.3, 0.4) is 0 Å². The second kappa shape index (κ2) is 5.83. The van der Waals surface area contributed by atoms with E-state index in [1.807, 2.05) is 30.6 Å². The number of Topliss-reactive ketones (excluding diaryl/α,β-unsaturated/α-hetero) is 1. The summed E-state index contributed by atoms with van der Waals surface area (Å²) in [6.07, 6.45) is 0. The lowest BCUT2D eigenvalue weighted by Gasteiger charge is -2.10. The number of rotatable bonds is 3. The van der Waals surface area contributed by atoms with Crippen molar-refractivity contribution in [2.75, 3.05) is 5.88 Å². The number of carbonyl (C=O) groups is 1. The molecule has 0 radical (unpaired) electrons. The molecule has 104 valence electrons. The van der Waals surface area contributed by atoms with E-state index in [9.17, 15) is 4.79 Å². The Kier molecular flexibility index (Phi) is 4.12. The van der Waals surface area contributed by atoms with Gasteiger partial charge in [0.25, 0.3) is 0 Å². The smallest absolute Gasteiger partial charge is 0.179 e. The number of hydrogen-bond donors (Lipinski definition) is 0. The van der Waals surface area contributed by atoms with Crippen LogP contribution in [0.15, 0.2) is 24.3 Å². The lowest BCUT2D eigenvalue weighted by molar-refractivity contribution is 0.102. The normalized spacial score (nSPS) is 9.95. The summed E-state index contributed by atoms with van der Waals surface area (Å²) in [7, 11) is 0. The predicted octanol–water partition coefficient (Wildman–Crippen LogP) is 3.26. The second-order valence-electron chi connectivity index (χ2n) is 4.63. The lowest BCUT2D eigenvalue weighted by Crippen LogP contribution is -2.04. The molecule has 0 saturated heterocycles. The average molecular weight is 298 g/mol. The highest BCUT2D eigenvalue weighted by Gasteiger charge is 2.16. The number of aromatic nitrogens is 1. The van der Waals surface area contributed by atoms with Crippen molar-refractivity contribution in [3.8, 4) is 17.8 Å². The van der Waals surface area contributed by atoms with Gasteiger partial charge in [-0.25, -0.2) is 0 Å². The molecule has 2 aromatic rings. The quantitative estimate of drug-likeness (QED) is 0.645. The summed E-state index contributed by atoms with van der Waals surface area (Å²) in [6, 6.07) is 10.8. The molecule has 1 heterocycles. The van der Waals surface area contributed by atoms with Gasteiger partial charge < -0.3 is 4.57 Å². The molecule has 2 rings (SSSR count). The molecule has 1 aromatic carbocycles. The first kappa shape index (κ1) is 14.8. The molecule has 0 bridgehead atoms. The minimum absolute atomic E-state index is 0.0683. The van der Waals surface area contributed by atoms with Gasteiger partial charge in [0.05, 0.1) is 17.0 Å². The average Bonchev–Trinajstić information content (AvgIpc) is 2.80. The summed E-state index contributed by atoms with van der Waals surface area (Å²) in [5.41, 5.74) is 3.61. The van der Waals surface area contributed by atoms with E-state index in [0.29, 0.717) is 16.7 Å². The molecule has 0 fully saturated rings. The maximum atomic E-state index is 11.8. The van der Waals surface area contributed by atoms with Crippen LogP contribution in [0.1, 0.15) is 32.9 Å². The number of benzene rings is 1. The van der Waals surface area contributed by atoms with Gasteiger partial charge in [0.2, 0.25) is 0 Å². The SMILES string of the molecule is Cc1cc(C(=O)CCl)c(C)n1-c1ccc(C#N)c(C#N)c1. The fourth-order valence-corrected chi connectivity index (χ4v) is 2.52. The molecule has 5 heteroatoms. The maximum absolute atomic E-state index is 11.8. The monoisotopic (exact) mass is 297 g/mol. The number of nitriles is 2. The highest BCUT2D eigenvalue weighted by atomic mass is 35.5. The molecular weight excluding hydrogens is 286 g/mol. The Morgan fingerprint density at radius 1 is 1.19 bits per heavy atom. The van der Waals surface area contributed by atoms with Crippen LogP contribution in [-0.2, 0) is 0 Å². The van der Waals surface area contributed by atoms with Gasteiger partial charge in [-0.2, -0.15) is 10.5 Å². The first-order valence-electron chi connectivity index (χ1n) is 6.26. The molecule has 0 aliphatic carbocycles. The van der Waals surface area contributed by atoms with Crippen LogP contribution in [-0.4, -0.2) is 16.2 Å². The number of ketones is 1. The first-order valence-corrected chi connectivity index (χ1v) is 6.79. The minimum Gasteiger partial charge on any atom is -0.318 e. The van der Waals surface area contributed by atoms with Crippen LogP contribution in [0, 0.1) is 36.5 Å². The third-order valence-corrected chi connectivity index (χ3v) is 3.60. The van der Waals surface area contributed by atoms with E-state index < -0.39 is 0 Å². The number of nitrogens with zero attached hydrogens (tertiary/aromatic N) is 3. The largest absolute Gasteiger partial charge is 0.318 e. The molecule has 4 nitrogen and oxygen atoms in total. The third-order valence-electron chi connectivity index (χ3n) is 3.36. The number of alkyl halides is 1. The summed E-state index contributed by atoms with van der Waals surface area (Å²) in [5, 5.41) is 18.1. The van der Waals surface area contributed by atoms with E-state index in [0.717, 1.165) is 17.1 Å². The Balaban J connectivity index is 2.64. The Morgan fingerprint density at radius 2 is 1.86 bits per heavy atom. The van der Waals surface area contributed by atoms with Gasteiger partial charge in [0.15, 0.2) is 5.78 Å². The molecule has 0 spiro atoms. The highest BCUT2D eigenvalue weighted by molar-refractivity contribution is 6.30. The van der Waals surface area contributed by atoms with E-state index in [1.54, 1.807) is 24.3 Å². The Bertz CT molecular complexity index is 806. The van der Waals surface area contributed by atoms with Gasteiger partial charge in [0, 0.05) is 22.6 Å². The van der Waals surface area contributed by atoms with E-state index in [1.165, 1.54) is 0 Å². The zero-order valence-corrected chi connectivity index (χ0v) is 12.4. The Morgan fingerprint density at radius 3 is 2.43 bits per heavy atom. The van der Waals surface area contributed by atoms with Crippen molar-refractivity contribution in [3.63, 3.8) is 0 Å². The van der Waals surface area contributed by atoms with E-state index in [-0.39, 0.29) is 11.7 Å². The summed E-state index contributed by atoms with van der Waals surface area (Å²) >= 11 is 5.62. The molecule has 0 unspecified atom stereocenters. The molecule has 0 saturated carbocycles. The number of carbonyl (C=O) groups excluding carboxylic acids is 1. The van der Waals surface area contributed by atoms with Crippen LogP contribution in [0.25, 0.3) is 5.69 Å². The molecule has 1 aromatic heterocycles. The topological polar surface area (TPSA) is 69.6 Å². The van der Waals surface area contributed by atoms with Gasteiger partial charge in [-0.15, -0.1) is 11.6 Å². The lowest BCUT2D eigenvalue weighted by atomic mass is 10.1. The summed E-state index contributed by atoms with van der Waals surface area (Å²) in [6.45, 7) is 3.71. The van der Waals surface area contributed by atoms with Crippen molar-refractivity contribution in [1.29, 1.82) is 10.5 Å². The van der Waals surface area contributed by atoms with Crippen LogP contribution in [0.2, 0.25) is 0 Å².